The lowest BCUT2D eigenvalue weighted by atomic mass is 9.97. The highest BCUT2D eigenvalue weighted by Gasteiger charge is 2.17. The SMILES string of the molecule is CCn1c(=O)c2c(NC)ccc(C(C)=O)c2c2ccccc21. The molecule has 0 unspecified atom stereocenters. The number of carbonyl (C=O) groups excluding carboxylic acids is 1. The van der Waals surface area contributed by atoms with Gasteiger partial charge in [-0.2, -0.15) is 0 Å². The number of anilines is 1. The molecule has 0 radical (unpaired) electrons. The quantitative estimate of drug-likeness (QED) is 0.595. The zero-order valence-electron chi connectivity index (χ0n) is 12.9. The number of hydrogen-bond donors (Lipinski definition) is 1. The van der Waals surface area contributed by atoms with Crippen LogP contribution in [0.5, 0.6) is 0 Å². The van der Waals surface area contributed by atoms with Gasteiger partial charge in [0.15, 0.2) is 5.78 Å². The predicted octanol–water partition coefficient (Wildman–Crippen LogP) is 3.42. The molecule has 3 aromatic rings. The van der Waals surface area contributed by atoms with Crippen LogP contribution in [0.15, 0.2) is 41.2 Å². The number of fused-ring (bicyclic) bond motifs is 3. The molecule has 112 valence electrons. The summed E-state index contributed by atoms with van der Waals surface area (Å²) >= 11 is 0. The lowest BCUT2D eigenvalue weighted by Crippen LogP contribution is -2.21. The number of nitrogens with one attached hydrogen (secondary N) is 1. The highest BCUT2D eigenvalue weighted by Crippen LogP contribution is 2.30. The van der Waals surface area contributed by atoms with Crippen molar-refractivity contribution in [2.24, 2.45) is 0 Å². The molecular weight excluding hydrogens is 276 g/mol. The van der Waals surface area contributed by atoms with Crippen molar-refractivity contribution in [3.63, 3.8) is 0 Å². The smallest absolute Gasteiger partial charge is 0.261 e. The molecule has 1 aromatic heterocycles. The summed E-state index contributed by atoms with van der Waals surface area (Å²) in [5.41, 5.74) is 2.13. The third-order valence-electron chi connectivity index (χ3n) is 4.09. The first-order valence-corrected chi connectivity index (χ1v) is 7.37. The summed E-state index contributed by atoms with van der Waals surface area (Å²) in [6.07, 6.45) is 0. The normalized spacial score (nSPS) is 11.0. The van der Waals surface area contributed by atoms with E-state index >= 15 is 0 Å². The van der Waals surface area contributed by atoms with E-state index in [4.69, 9.17) is 0 Å². The fourth-order valence-corrected chi connectivity index (χ4v) is 3.09. The Morgan fingerprint density at radius 3 is 2.50 bits per heavy atom. The fourth-order valence-electron chi connectivity index (χ4n) is 3.09. The zero-order valence-corrected chi connectivity index (χ0v) is 12.9. The average Bonchev–Trinajstić information content (AvgIpc) is 2.54. The van der Waals surface area contributed by atoms with Crippen molar-refractivity contribution in [1.82, 2.24) is 4.57 Å². The van der Waals surface area contributed by atoms with Gasteiger partial charge in [0.1, 0.15) is 0 Å². The molecule has 0 bridgehead atoms. The van der Waals surface area contributed by atoms with Crippen LogP contribution in [0, 0.1) is 0 Å². The van der Waals surface area contributed by atoms with Crippen LogP contribution < -0.4 is 10.9 Å². The van der Waals surface area contributed by atoms with Gasteiger partial charge in [0, 0.05) is 35.6 Å². The van der Waals surface area contributed by atoms with Crippen LogP contribution >= 0.6 is 0 Å². The van der Waals surface area contributed by atoms with E-state index in [0.717, 1.165) is 22.0 Å². The molecule has 0 saturated carbocycles. The molecule has 0 amide bonds. The lowest BCUT2D eigenvalue weighted by molar-refractivity contribution is 0.101. The summed E-state index contributed by atoms with van der Waals surface area (Å²) in [4.78, 5) is 25.0. The van der Waals surface area contributed by atoms with Gasteiger partial charge in [0.2, 0.25) is 0 Å². The van der Waals surface area contributed by atoms with Gasteiger partial charge in [-0.3, -0.25) is 9.59 Å². The van der Waals surface area contributed by atoms with Crippen LogP contribution in [-0.4, -0.2) is 17.4 Å². The number of rotatable bonds is 3. The number of hydrogen-bond acceptors (Lipinski definition) is 3. The lowest BCUT2D eigenvalue weighted by Gasteiger charge is -2.15. The van der Waals surface area contributed by atoms with E-state index in [2.05, 4.69) is 5.32 Å². The van der Waals surface area contributed by atoms with Gasteiger partial charge >= 0.3 is 0 Å². The van der Waals surface area contributed by atoms with Gasteiger partial charge in [-0.1, -0.05) is 18.2 Å². The first-order valence-electron chi connectivity index (χ1n) is 7.37. The van der Waals surface area contributed by atoms with E-state index in [1.165, 1.54) is 6.92 Å². The summed E-state index contributed by atoms with van der Waals surface area (Å²) in [5.74, 6) is -0.0357. The monoisotopic (exact) mass is 294 g/mol. The number of Topliss-reactive ketones (excluding diaryl/α,β-unsaturated/α-hetero) is 1. The molecule has 0 atom stereocenters. The predicted molar refractivity (Wildman–Crippen MR) is 90.9 cm³/mol. The summed E-state index contributed by atoms with van der Waals surface area (Å²) in [5, 5.41) is 5.32. The van der Waals surface area contributed by atoms with E-state index in [1.807, 2.05) is 31.2 Å². The van der Waals surface area contributed by atoms with Crippen molar-refractivity contribution in [3.05, 3.63) is 52.3 Å². The molecule has 22 heavy (non-hydrogen) atoms. The molecule has 1 N–H and O–H groups in total. The summed E-state index contributed by atoms with van der Waals surface area (Å²) in [6.45, 7) is 4.07. The number of aromatic nitrogens is 1. The topological polar surface area (TPSA) is 51.1 Å². The van der Waals surface area contributed by atoms with E-state index in [1.54, 1.807) is 23.7 Å². The van der Waals surface area contributed by atoms with E-state index < -0.39 is 0 Å². The van der Waals surface area contributed by atoms with Gasteiger partial charge in [0.05, 0.1) is 10.9 Å². The molecule has 2 aromatic carbocycles. The second-order valence-corrected chi connectivity index (χ2v) is 5.28. The maximum Gasteiger partial charge on any atom is 0.261 e. The standard InChI is InChI=1S/C18H18N2O2/c1-4-20-15-8-6-5-7-13(15)16-12(11(2)21)9-10-14(19-3)17(16)18(20)22/h5-10,19H,4H2,1-3H3. The van der Waals surface area contributed by atoms with Crippen LogP contribution in [-0.2, 0) is 6.54 Å². The summed E-state index contributed by atoms with van der Waals surface area (Å²) in [6, 6.07) is 11.3. The van der Waals surface area contributed by atoms with Crippen molar-refractivity contribution < 1.29 is 4.79 Å². The Kier molecular flexibility index (Phi) is 3.45. The first-order chi connectivity index (χ1) is 10.6. The number of para-hydroxylation sites is 1. The summed E-state index contributed by atoms with van der Waals surface area (Å²) in [7, 11) is 1.78. The van der Waals surface area contributed by atoms with Crippen LogP contribution in [0.4, 0.5) is 5.69 Å². The van der Waals surface area contributed by atoms with E-state index in [0.29, 0.717) is 17.5 Å². The Morgan fingerprint density at radius 1 is 1.14 bits per heavy atom. The number of aryl methyl sites for hydroxylation is 1. The molecular formula is C18H18N2O2. The van der Waals surface area contributed by atoms with Crippen LogP contribution in [0.1, 0.15) is 24.2 Å². The van der Waals surface area contributed by atoms with Crippen LogP contribution in [0.2, 0.25) is 0 Å². The third kappa shape index (κ3) is 1.91. The second-order valence-electron chi connectivity index (χ2n) is 5.28. The van der Waals surface area contributed by atoms with Crippen LogP contribution in [0.3, 0.4) is 0 Å². The molecule has 4 heteroatoms. The van der Waals surface area contributed by atoms with Gasteiger partial charge in [-0.05, 0) is 32.0 Å². The maximum absolute atomic E-state index is 12.9. The number of nitrogens with zero attached hydrogens (tertiary/aromatic N) is 1. The minimum atomic E-state index is -0.0661. The highest BCUT2D eigenvalue weighted by atomic mass is 16.1. The maximum atomic E-state index is 12.9. The number of ketones is 1. The fraction of sp³-hybridized carbons (Fsp3) is 0.222. The van der Waals surface area contributed by atoms with Crippen molar-refractivity contribution in [1.29, 1.82) is 0 Å². The van der Waals surface area contributed by atoms with Crippen molar-refractivity contribution in [2.45, 2.75) is 20.4 Å². The highest BCUT2D eigenvalue weighted by molar-refractivity contribution is 6.19. The Hall–Kier alpha value is -2.62. The van der Waals surface area contributed by atoms with E-state index in [9.17, 15) is 9.59 Å². The van der Waals surface area contributed by atoms with Crippen molar-refractivity contribution in [3.8, 4) is 0 Å². The molecule has 0 aliphatic heterocycles. The molecule has 4 nitrogen and oxygen atoms in total. The van der Waals surface area contributed by atoms with Gasteiger partial charge < -0.3 is 9.88 Å². The Morgan fingerprint density at radius 2 is 1.86 bits per heavy atom. The first kappa shape index (κ1) is 14.3. The molecule has 0 saturated heterocycles. The zero-order chi connectivity index (χ0) is 15.9. The van der Waals surface area contributed by atoms with Crippen LogP contribution in [0.25, 0.3) is 21.7 Å². The minimum absolute atomic E-state index is 0.0357. The molecule has 0 fully saturated rings. The molecule has 3 rings (SSSR count). The summed E-state index contributed by atoms with van der Waals surface area (Å²) < 4.78 is 1.75. The molecule has 0 aliphatic rings. The Bertz CT molecular complexity index is 955. The van der Waals surface area contributed by atoms with Gasteiger partial charge in [-0.25, -0.2) is 0 Å². The average molecular weight is 294 g/mol. The third-order valence-corrected chi connectivity index (χ3v) is 4.09. The molecule has 0 spiro atoms. The Balaban J connectivity index is 2.72. The van der Waals surface area contributed by atoms with E-state index in [-0.39, 0.29) is 11.3 Å². The number of pyridine rings is 1. The number of benzene rings is 2. The number of carbonyl (C=O) groups is 1. The van der Waals surface area contributed by atoms with Gasteiger partial charge in [-0.15, -0.1) is 0 Å². The van der Waals surface area contributed by atoms with Crippen molar-refractivity contribution >= 4 is 33.1 Å². The molecule has 0 aliphatic carbocycles. The van der Waals surface area contributed by atoms with Crippen molar-refractivity contribution in [2.75, 3.05) is 12.4 Å². The van der Waals surface area contributed by atoms with Gasteiger partial charge in [0.25, 0.3) is 5.56 Å². The largest absolute Gasteiger partial charge is 0.387 e. The Labute approximate surface area is 128 Å². The molecule has 1 heterocycles. The second kappa shape index (κ2) is 5.30. The minimum Gasteiger partial charge on any atom is -0.387 e.